The summed E-state index contributed by atoms with van der Waals surface area (Å²) in [7, 11) is 3.12. The highest BCUT2D eigenvalue weighted by atomic mass is 35.5. The zero-order chi connectivity index (χ0) is 25.3. The Morgan fingerprint density at radius 1 is 1.31 bits per heavy atom. The van der Waals surface area contributed by atoms with Crippen LogP contribution in [0.25, 0.3) is 22.4 Å². The van der Waals surface area contributed by atoms with E-state index in [1.807, 2.05) is 5.32 Å². The van der Waals surface area contributed by atoms with E-state index in [0.29, 0.717) is 33.3 Å². The number of hydrogen-bond donors (Lipinski definition) is 2. The largest absolute Gasteiger partial charge is 0.405 e. The summed E-state index contributed by atoms with van der Waals surface area (Å²) in [6, 6.07) is 1.85. The monoisotopic (exact) mass is 514 g/mol. The zero-order valence-electron chi connectivity index (χ0n) is 18.8. The predicted molar refractivity (Wildman–Crippen MR) is 127 cm³/mol. The molecule has 4 rings (SSSR count). The highest BCUT2D eigenvalue weighted by molar-refractivity contribution is 6.31. The number of carbonyl (C=O) groups excluding carboxylic acids is 2. The molecule has 0 radical (unpaired) electrons. The number of urea groups is 1. The topological polar surface area (TPSA) is 110 Å². The number of alkyl halides is 3. The van der Waals surface area contributed by atoms with E-state index in [9.17, 15) is 22.8 Å². The lowest BCUT2D eigenvalue weighted by Crippen LogP contribution is -2.62. The Morgan fingerprint density at radius 2 is 2.09 bits per heavy atom. The number of nitrogens with zero attached hydrogens (tertiary/aromatic N) is 6. The number of aromatic nitrogens is 4. The Kier molecular flexibility index (Phi) is 6.70. The van der Waals surface area contributed by atoms with E-state index in [4.69, 9.17) is 11.6 Å². The maximum atomic E-state index is 12.8. The average molecular weight is 515 g/mol. The molecule has 0 aromatic carbocycles. The number of nitrogens with one attached hydrogen (secondary N) is 2. The lowest BCUT2D eigenvalue weighted by molar-refractivity contribution is -0.139. The second-order valence-electron chi connectivity index (χ2n) is 8.16. The van der Waals surface area contributed by atoms with Crippen molar-refractivity contribution < 1.29 is 25.6 Å². The second kappa shape index (κ2) is 9.56. The van der Waals surface area contributed by atoms with Crippen LogP contribution >= 0.6 is 11.6 Å². The van der Waals surface area contributed by atoms with Crippen LogP contribution in [-0.4, -0.2) is 94.2 Å². The molecule has 190 valence electrons. The highest BCUT2D eigenvalue weighted by Crippen LogP contribution is 2.29. The number of rotatable bonds is 4. The number of carbonyl (C=O) groups is 2. The van der Waals surface area contributed by atoms with Gasteiger partial charge in [0, 0.05) is 59.6 Å². The lowest BCUT2D eigenvalue weighted by Gasteiger charge is -2.41. The van der Waals surface area contributed by atoms with E-state index in [1.165, 1.54) is 22.2 Å². The third-order valence-electron chi connectivity index (χ3n) is 5.47. The van der Waals surface area contributed by atoms with Crippen LogP contribution in [0, 0.1) is 0 Å². The zero-order valence-corrected chi connectivity index (χ0v) is 19.6. The van der Waals surface area contributed by atoms with E-state index in [2.05, 4.69) is 19.9 Å². The van der Waals surface area contributed by atoms with Crippen LogP contribution < -0.4 is 10.2 Å². The minimum Gasteiger partial charge on any atom is -0.345 e. The third kappa shape index (κ3) is 5.39. The number of hydrogen-bond acceptors (Lipinski definition) is 6. The highest BCUT2D eigenvalue weighted by Gasteiger charge is 2.37. The molecular weight excluding hydrogens is 489 g/mol. The summed E-state index contributed by atoms with van der Waals surface area (Å²) in [5, 5.41) is 3.04. The van der Waals surface area contributed by atoms with Crippen LogP contribution in [0.3, 0.4) is 0 Å². The molecule has 35 heavy (non-hydrogen) atoms. The van der Waals surface area contributed by atoms with Gasteiger partial charge in [0.15, 0.2) is 5.82 Å². The summed E-state index contributed by atoms with van der Waals surface area (Å²) < 4.78 is 38.2. The van der Waals surface area contributed by atoms with Crippen molar-refractivity contribution in [3.63, 3.8) is 0 Å². The molecule has 10 nitrogen and oxygen atoms in total. The number of amides is 3. The van der Waals surface area contributed by atoms with Crippen molar-refractivity contribution in [1.29, 1.82) is 0 Å². The van der Waals surface area contributed by atoms with E-state index in [0.717, 1.165) is 0 Å². The first-order valence-electron chi connectivity index (χ1n) is 10.6. The molecule has 2 N–H and O–H groups in total. The molecule has 3 aromatic heterocycles. The summed E-state index contributed by atoms with van der Waals surface area (Å²) in [5.74, 6) is -0.204. The smallest absolute Gasteiger partial charge is 0.345 e. The van der Waals surface area contributed by atoms with Crippen molar-refractivity contribution in [3.05, 3.63) is 35.7 Å². The molecule has 1 aliphatic rings. The van der Waals surface area contributed by atoms with E-state index in [1.54, 1.807) is 37.3 Å². The van der Waals surface area contributed by atoms with Gasteiger partial charge in [-0.15, -0.1) is 0 Å². The van der Waals surface area contributed by atoms with E-state index in [-0.39, 0.29) is 28.5 Å². The first-order chi connectivity index (χ1) is 16.5. The van der Waals surface area contributed by atoms with Crippen molar-refractivity contribution in [3.8, 4) is 11.4 Å². The van der Waals surface area contributed by atoms with Gasteiger partial charge in [-0.1, -0.05) is 11.6 Å². The number of halogens is 4. The Labute approximate surface area is 206 Å². The van der Waals surface area contributed by atoms with Gasteiger partial charge in [-0.2, -0.15) is 13.2 Å². The summed E-state index contributed by atoms with van der Waals surface area (Å²) >= 11 is 6.08. The van der Waals surface area contributed by atoms with Crippen molar-refractivity contribution in [2.75, 3.05) is 45.2 Å². The molecule has 14 heteroatoms. The van der Waals surface area contributed by atoms with E-state index >= 15 is 0 Å². The molecule has 0 aliphatic carbocycles. The molecule has 3 aromatic rings. The van der Waals surface area contributed by atoms with Crippen LogP contribution in [0.1, 0.15) is 2.85 Å². The van der Waals surface area contributed by atoms with Crippen LogP contribution in [0.4, 0.5) is 23.8 Å². The average Bonchev–Trinajstić information content (AvgIpc) is 3.24. The molecule has 0 unspecified atom stereocenters. The minimum atomic E-state index is -4.57. The molecule has 1 atom stereocenters. The number of H-pyrrole nitrogens is 1. The number of piperazine rings is 1. The van der Waals surface area contributed by atoms with Crippen molar-refractivity contribution in [1.82, 2.24) is 35.1 Å². The fraction of sp³-hybridized carbons (Fsp3) is 0.381. The molecule has 0 bridgehead atoms. The van der Waals surface area contributed by atoms with Crippen LogP contribution in [0.2, 0.25) is 5.02 Å². The third-order valence-corrected chi connectivity index (χ3v) is 5.68. The van der Waals surface area contributed by atoms with Gasteiger partial charge in [0.2, 0.25) is 5.91 Å². The van der Waals surface area contributed by atoms with Gasteiger partial charge in [-0.25, -0.2) is 19.7 Å². The molecule has 0 spiro atoms. The fourth-order valence-electron chi connectivity index (χ4n) is 3.85. The summed E-state index contributed by atoms with van der Waals surface area (Å²) in [6.07, 6.45) is 0.103. The first-order valence-corrected chi connectivity index (χ1v) is 10.9. The van der Waals surface area contributed by atoms with Gasteiger partial charge in [0.05, 0.1) is 11.6 Å². The molecule has 3 amide bonds. The summed E-state index contributed by atoms with van der Waals surface area (Å²) in [4.78, 5) is 45.7. The van der Waals surface area contributed by atoms with Gasteiger partial charge in [-0.05, 0) is 12.1 Å². The molecule has 1 saturated heterocycles. The van der Waals surface area contributed by atoms with Crippen molar-refractivity contribution >= 4 is 40.4 Å². The van der Waals surface area contributed by atoms with Crippen molar-refractivity contribution in [2.45, 2.75) is 12.2 Å². The minimum absolute atomic E-state index is 0. The Morgan fingerprint density at radius 3 is 2.80 bits per heavy atom. The van der Waals surface area contributed by atoms with Gasteiger partial charge >= 0.3 is 12.2 Å². The van der Waals surface area contributed by atoms with Gasteiger partial charge < -0.3 is 25.0 Å². The lowest BCUT2D eigenvalue weighted by atomic mass is 10.1. The van der Waals surface area contributed by atoms with Gasteiger partial charge in [-0.3, -0.25) is 4.79 Å². The summed E-state index contributed by atoms with van der Waals surface area (Å²) in [6.45, 7) is -1.14. The van der Waals surface area contributed by atoms with Crippen LogP contribution in [0.5, 0.6) is 0 Å². The predicted octanol–water partition coefficient (Wildman–Crippen LogP) is 3.02. The molecule has 0 saturated carbocycles. The molecular formula is C21H26ClF3N8O2. The van der Waals surface area contributed by atoms with Crippen LogP contribution in [-0.2, 0) is 4.79 Å². The Bertz CT molecular complexity index is 1260. The fourth-order valence-corrected chi connectivity index (χ4v) is 4.00. The van der Waals surface area contributed by atoms with E-state index < -0.39 is 24.7 Å². The van der Waals surface area contributed by atoms with Crippen LogP contribution in [0.15, 0.2) is 30.7 Å². The Hall–Kier alpha value is -3.61. The van der Waals surface area contributed by atoms with Gasteiger partial charge in [0.1, 0.15) is 24.1 Å². The number of anilines is 1. The maximum absolute atomic E-state index is 12.8. The van der Waals surface area contributed by atoms with Crippen molar-refractivity contribution in [2.24, 2.45) is 0 Å². The second-order valence-corrected chi connectivity index (χ2v) is 8.59. The maximum Gasteiger partial charge on any atom is 0.405 e. The molecule has 1 fully saturated rings. The number of aromatic amines is 1. The Balaban J connectivity index is 0.00000241. The SMILES string of the molecule is CN(C)C(=O)N1CCN(c2ccnc(-c3c[nH]c4ncc(Cl)cc34)n2)[C@@H](C(=O)NCC(F)(F)F)C1.[HH].[HH]. The summed E-state index contributed by atoms with van der Waals surface area (Å²) in [5.41, 5.74) is 1.20. The quantitative estimate of drug-likeness (QED) is 0.554. The standard InChI is InChI=1S/C21H22ClF3N8O2.2H2/c1-31(2)20(35)32-5-6-33(15(10-32)19(34)29-11-21(23,24)25)16-3-4-26-18(30-16)14-9-28-17-13(14)7-12(22)8-27-17;;/h3-4,7-9,15H,5-6,10-11H2,1-2H3,(H,27,28)(H,29,34);2*1H/t15-;;/m1../s1. The first kappa shape index (κ1) is 24.5. The molecule has 1 aliphatic heterocycles. The normalized spacial score (nSPS) is 16.5. The number of fused-ring (bicyclic) bond motifs is 1. The molecule has 4 heterocycles. The number of pyridine rings is 1. The van der Waals surface area contributed by atoms with Gasteiger partial charge in [0.25, 0.3) is 0 Å².